The lowest BCUT2D eigenvalue weighted by Crippen LogP contribution is -2.31. The van der Waals surface area contributed by atoms with Crippen molar-refractivity contribution in [2.75, 3.05) is 18.1 Å². The van der Waals surface area contributed by atoms with Gasteiger partial charge in [0.1, 0.15) is 0 Å². The topological polar surface area (TPSA) is 26.3 Å². The van der Waals surface area contributed by atoms with Crippen molar-refractivity contribution in [3.8, 4) is 0 Å². The summed E-state index contributed by atoms with van der Waals surface area (Å²) in [5.74, 6) is 1.73. The molecule has 0 N–H and O–H groups in total. The molecule has 1 aliphatic heterocycles. The summed E-state index contributed by atoms with van der Waals surface area (Å²) in [6, 6.07) is 0. The maximum absolute atomic E-state index is 11.4. The van der Waals surface area contributed by atoms with Crippen LogP contribution in [0.5, 0.6) is 0 Å². The lowest BCUT2D eigenvalue weighted by atomic mass is 9.84. The van der Waals surface area contributed by atoms with E-state index in [4.69, 9.17) is 4.74 Å². The minimum Gasteiger partial charge on any atom is -0.502 e. The SMILES string of the molecule is C=COCCC1(C)CCCS(=O)C1. The molecule has 2 unspecified atom stereocenters. The largest absolute Gasteiger partial charge is 0.502 e. The highest BCUT2D eigenvalue weighted by molar-refractivity contribution is 7.85. The molecule has 1 heterocycles. The van der Waals surface area contributed by atoms with Gasteiger partial charge >= 0.3 is 0 Å². The van der Waals surface area contributed by atoms with Crippen molar-refractivity contribution in [2.24, 2.45) is 5.41 Å². The van der Waals surface area contributed by atoms with Crippen LogP contribution in [0.25, 0.3) is 0 Å². The Hall–Kier alpha value is -0.310. The van der Waals surface area contributed by atoms with Crippen LogP contribution in [0, 0.1) is 5.41 Å². The molecule has 0 spiro atoms. The third-order valence-electron chi connectivity index (χ3n) is 2.60. The fraction of sp³-hybridized carbons (Fsp3) is 0.800. The zero-order valence-corrected chi connectivity index (χ0v) is 9.07. The third kappa shape index (κ3) is 3.51. The van der Waals surface area contributed by atoms with Gasteiger partial charge in [-0.15, -0.1) is 0 Å². The first-order valence-corrected chi connectivity index (χ1v) is 6.23. The van der Waals surface area contributed by atoms with E-state index in [9.17, 15) is 4.21 Å². The molecule has 13 heavy (non-hydrogen) atoms. The summed E-state index contributed by atoms with van der Waals surface area (Å²) in [6.45, 7) is 6.41. The summed E-state index contributed by atoms with van der Waals surface area (Å²) in [4.78, 5) is 0. The van der Waals surface area contributed by atoms with E-state index in [-0.39, 0.29) is 5.41 Å². The summed E-state index contributed by atoms with van der Waals surface area (Å²) < 4.78 is 16.5. The Kier molecular flexibility index (Phi) is 3.97. The molecule has 0 aromatic rings. The Morgan fingerprint density at radius 2 is 2.46 bits per heavy atom. The normalized spacial score (nSPS) is 34.1. The van der Waals surface area contributed by atoms with Crippen molar-refractivity contribution in [3.63, 3.8) is 0 Å². The predicted molar refractivity (Wildman–Crippen MR) is 56.0 cm³/mol. The zero-order chi connectivity index (χ0) is 9.73. The monoisotopic (exact) mass is 202 g/mol. The average molecular weight is 202 g/mol. The minimum atomic E-state index is -0.596. The molecule has 0 aromatic heterocycles. The van der Waals surface area contributed by atoms with Gasteiger partial charge in [0.15, 0.2) is 0 Å². The van der Waals surface area contributed by atoms with Crippen LogP contribution in [0.4, 0.5) is 0 Å². The van der Waals surface area contributed by atoms with Gasteiger partial charge in [0, 0.05) is 22.3 Å². The fourth-order valence-electron chi connectivity index (χ4n) is 1.78. The number of hydrogen-bond acceptors (Lipinski definition) is 2. The molecule has 1 saturated heterocycles. The highest BCUT2D eigenvalue weighted by Crippen LogP contribution is 2.32. The van der Waals surface area contributed by atoms with Gasteiger partial charge in [-0.1, -0.05) is 13.5 Å². The smallest absolute Gasteiger partial charge is 0.0878 e. The Balaban J connectivity index is 2.35. The molecule has 0 radical (unpaired) electrons. The average Bonchev–Trinajstić information content (AvgIpc) is 2.04. The maximum Gasteiger partial charge on any atom is 0.0878 e. The van der Waals surface area contributed by atoms with E-state index in [0.29, 0.717) is 6.61 Å². The Morgan fingerprint density at radius 1 is 1.69 bits per heavy atom. The second kappa shape index (κ2) is 4.80. The van der Waals surface area contributed by atoms with Gasteiger partial charge < -0.3 is 4.74 Å². The van der Waals surface area contributed by atoms with Crippen LogP contribution in [0.2, 0.25) is 0 Å². The minimum absolute atomic E-state index is 0.228. The van der Waals surface area contributed by atoms with Crippen LogP contribution in [0.3, 0.4) is 0 Å². The maximum atomic E-state index is 11.4. The van der Waals surface area contributed by atoms with Gasteiger partial charge in [0.2, 0.25) is 0 Å². The summed E-state index contributed by atoms with van der Waals surface area (Å²) in [5, 5.41) is 0. The lowest BCUT2D eigenvalue weighted by Gasteiger charge is -2.32. The van der Waals surface area contributed by atoms with Gasteiger partial charge in [0.05, 0.1) is 12.9 Å². The molecule has 2 atom stereocenters. The van der Waals surface area contributed by atoms with Crippen molar-refractivity contribution in [1.82, 2.24) is 0 Å². The first-order chi connectivity index (χ1) is 6.16. The molecule has 0 aliphatic carbocycles. The van der Waals surface area contributed by atoms with Crippen molar-refractivity contribution in [2.45, 2.75) is 26.2 Å². The Labute approximate surface area is 82.8 Å². The molecule has 0 amide bonds. The number of hydrogen-bond donors (Lipinski definition) is 0. The molecule has 3 heteroatoms. The van der Waals surface area contributed by atoms with Crippen LogP contribution in [-0.4, -0.2) is 22.3 Å². The molecule has 2 nitrogen and oxygen atoms in total. The van der Waals surface area contributed by atoms with E-state index in [2.05, 4.69) is 13.5 Å². The standard InChI is InChI=1S/C10H18O2S/c1-3-12-7-6-10(2)5-4-8-13(11)9-10/h3H,1,4-9H2,2H3. The number of ether oxygens (including phenoxy) is 1. The van der Waals surface area contributed by atoms with Gasteiger partial charge in [0.25, 0.3) is 0 Å². The highest BCUT2D eigenvalue weighted by atomic mass is 32.2. The van der Waals surface area contributed by atoms with E-state index < -0.39 is 10.8 Å². The van der Waals surface area contributed by atoms with E-state index in [1.807, 2.05) is 0 Å². The molecule has 1 aliphatic rings. The molecule has 0 saturated carbocycles. The van der Waals surface area contributed by atoms with Crippen LogP contribution >= 0.6 is 0 Å². The zero-order valence-electron chi connectivity index (χ0n) is 8.25. The van der Waals surface area contributed by atoms with Crippen molar-refractivity contribution in [1.29, 1.82) is 0 Å². The molecule has 1 fully saturated rings. The van der Waals surface area contributed by atoms with Gasteiger partial charge in [-0.3, -0.25) is 4.21 Å². The second-order valence-electron chi connectivity index (χ2n) is 3.99. The predicted octanol–water partition coefficient (Wildman–Crippen LogP) is 2.09. The van der Waals surface area contributed by atoms with Crippen molar-refractivity contribution in [3.05, 3.63) is 12.8 Å². The van der Waals surface area contributed by atoms with Gasteiger partial charge in [-0.2, -0.15) is 0 Å². The Morgan fingerprint density at radius 3 is 3.08 bits per heavy atom. The Bertz CT molecular complexity index is 203. The first kappa shape index (κ1) is 10.8. The van der Waals surface area contributed by atoms with E-state index in [1.54, 1.807) is 0 Å². The summed E-state index contributed by atoms with van der Waals surface area (Å²) in [7, 11) is -0.596. The highest BCUT2D eigenvalue weighted by Gasteiger charge is 2.30. The summed E-state index contributed by atoms with van der Waals surface area (Å²) in [5.41, 5.74) is 0.228. The van der Waals surface area contributed by atoms with Crippen molar-refractivity contribution < 1.29 is 8.95 Å². The number of rotatable bonds is 4. The van der Waals surface area contributed by atoms with Crippen molar-refractivity contribution >= 4 is 10.8 Å². The second-order valence-corrected chi connectivity index (χ2v) is 5.57. The van der Waals surface area contributed by atoms with E-state index in [0.717, 1.165) is 24.3 Å². The van der Waals surface area contributed by atoms with Gasteiger partial charge in [-0.05, 0) is 24.7 Å². The fourth-order valence-corrected chi connectivity index (χ4v) is 3.46. The van der Waals surface area contributed by atoms with Crippen LogP contribution in [0.15, 0.2) is 12.8 Å². The quantitative estimate of drug-likeness (QED) is 0.515. The molecule has 76 valence electrons. The molecular formula is C10H18O2S. The third-order valence-corrected chi connectivity index (χ3v) is 4.37. The lowest BCUT2D eigenvalue weighted by molar-refractivity contribution is 0.180. The molecule has 1 rings (SSSR count). The summed E-state index contributed by atoms with van der Waals surface area (Å²) >= 11 is 0. The molecular weight excluding hydrogens is 184 g/mol. The summed E-state index contributed by atoms with van der Waals surface area (Å²) in [6.07, 6.45) is 4.74. The van der Waals surface area contributed by atoms with E-state index >= 15 is 0 Å². The van der Waals surface area contributed by atoms with Crippen LogP contribution < -0.4 is 0 Å². The van der Waals surface area contributed by atoms with Gasteiger partial charge in [-0.25, -0.2) is 0 Å². The van der Waals surface area contributed by atoms with Crippen LogP contribution in [-0.2, 0) is 15.5 Å². The van der Waals surface area contributed by atoms with E-state index in [1.165, 1.54) is 12.7 Å². The first-order valence-electron chi connectivity index (χ1n) is 4.74. The molecule has 0 bridgehead atoms. The van der Waals surface area contributed by atoms with Crippen LogP contribution in [0.1, 0.15) is 26.2 Å². The molecule has 0 aromatic carbocycles.